The first-order valence-electron chi connectivity index (χ1n) is 8.16. The molecule has 122 valence electrons. The lowest BCUT2D eigenvalue weighted by molar-refractivity contribution is -0.00138. The highest BCUT2D eigenvalue weighted by atomic mass is 35.5. The van der Waals surface area contributed by atoms with Gasteiger partial charge in [-0.3, -0.25) is 14.7 Å². The van der Waals surface area contributed by atoms with E-state index >= 15 is 0 Å². The van der Waals surface area contributed by atoms with Gasteiger partial charge in [-0.15, -0.1) is 23.7 Å². The van der Waals surface area contributed by atoms with Crippen molar-refractivity contribution in [3.8, 4) is 0 Å². The molecule has 4 aliphatic rings. The van der Waals surface area contributed by atoms with Gasteiger partial charge in [0, 0.05) is 17.9 Å². The summed E-state index contributed by atoms with van der Waals surface area (Å²) in [5.74, 6) is 0.777. The van der Waals surface area contributed by atoms with Gasteiger partial charge in [0.1, 0.15) is 0 Å². The van der Waals surface area contributed by atoms with E-state index in [9.17, 15) is 4.79 Å². The fraction of sp³-hybridized carbons (Fsp3) is 0.529. The second kappa shape index (κ2) is 5.43. The smallest absolute Gasteiger partial charge is 0.261 e. The fourth-order valence-corrected chi connectivity index (χ4v) is 5.46. The van der Waals surface area contributed by atoms with E-state index in [-0.39, 0.29) is 18.3 Å². The third-order valence-electron chi connectivity index (χ3n) is 5.82. The van der Waals surface area contributed by atoms with E-state index in [4.69, 9.17) is 0 Å². The van der Waals surface area contributed by atoms with E-state index in [0.717, 1.165) is 15.0 Å². The number of carbonyl (C=O) groups excluding carboxylic acids is 1. The number of nitrogens with zero attached hydrogens (tertiary/aromatic N) is 2. The number of hydrogen-bond acceptors (Lipinski definition) is 4. The molecule has 4 fully saturated rings. The molecule has 3 aliphatic heterocycles. The molecular weight excluding hydrogens is 330 g/mol. The van der Waals surface area contributed by atoms with Crippen molar-refractivity contribution in [1.82, 2.24) is 15.2 Å². The molecule has 4 nitrogen and oxygen atoms in total. The van der Waals surface area contributed by atoms with Crippen molar-refractivity contribution in [2.24, 2.45) is 5.92 Å². The summed E-state index contributed by atoms with van der Waals surface area (Å²) in [6, 6.07) is 4.32. The molecule has 1 amide bonds. The average molecular weight is 350 g/mol. The van der Waals surface area contributed by atoms with Crippen LogP contribution in [0.2, 0.25) is 0 Å². The van der Waals surface area contributed by atoms with Crippen molar-refractivity contribution in [2.75, 3.05) is 13.1 Å². The molecule has 1 saturated carbocycles. The molecule has 5 heterocycles. The number of carbonyl (C=O) groups is 1. The number of thiophene rings is 1. The van der Waals surface area contributed by atoms with Crippen molar-refractivity contribution < 1.29 is 4.79 Å². The largest absolute Gasteiger partial charge is 0.346 e. The first kappa shape index (κ1) is 15.4. The van der Waals surface area contributed by atoms with Gasteiger partial charge >= 0.3 is 0 Å². The molecular formula is C17H20ClN3OS. The van der Waals surface area contributed by atoms with Gasteiger partial charge in [-0.05, 0) is 62.2 Å². The van der Waals surface area contributed by atoms with Crippen molar-refractivity contribution in [3.63, 3.8) is 0 Å². The van der Waals surface area contributed by atoms with Crippen molar-refractivity contribution >= 4 is 39.7 Å². The second-order valence-electron chi connectivity index (χ2n) is 6.90. The molecule has 2 bridgehead atoms. The number of aromatic nitrogens is 1. The molecule has 2 aromatic heterocycles. The summed E-state index contributed by atoms with van der Waals surface area (Å²) in [4.78, 5) is 20.3. The van der Waals surface area contributed by atoms with Crippen LogP contribution < -0.4 is 5.32 Å². The summed E-state index contributed by atoms with van der Waals surface area (Å²) in [7, 11) is 0. The Balaban J connectivity index is 0.00000135. The topological polar surface area (TPSA) is 45.2 Å². The van der Waals surface area contributed by atoms with Crippen LogP contribution in [0, 0.1) is 5.92 Å². The maximum Gasteiger partial charge on any atom is 0.261 e. The number of rotatable bonds is 2. The number of nitrogens with one attached hydrogen (secondary N) is 1. The quantitative estimate of drug-likeness (QED) is 0.906. The summed E-state index contributed by atoms with van der Waals surface area (Å²) >= 11 is 1.55. The van der Waals surface area contributed by atoms with Crippen molar-refractivity contribution in [3.05, 3.63) is 29.4 Å². The summed E-state index contributed by atoms with van der Waals surface area (Å²) in [6.07, 6.45) is 8.61. The molecule has 1 aliphatic carbocycles. The minimum absolute atomic E-state index is 0. The highest BCUT2D eigenvalue weighted by molar-refractivity contribution is 7.20. The van der Waals surface area contributed by atoms with Crippen LogP contribution in [0.5, 0.6) is 0 Å². The first-order valence-corrected chi connectivity index (χ1v) is 8.97. The SMILES string of the molecule is Cl.O=C(NC1C2CCN(CC2)C12CC2)c1cc2ccncc2s1. The van der Waals surface area contributed by atoms with E-state index in [0.29, 0.717) is 17.5 Å². The van der Waals surface area contributed by atoms with E-state index in [1.165, 1.54) is 38.8 Å². The van der Waals surface area contributed by atoms with Gasteiger partial charge in [0.05, 0.1) is 15.6 Å². The molecule has 1 atom stereocenters. The van der Waals surface area contributed by atoms with Crippen LogP contribution in [0.25, 0.3) is 10.1 Å². The Kier molecular flexibility index (Phi) is 3.63. The van der Waals surface area contributed by atoms with Crippen molar-refractivity contribution in [2.45, 2.75) is 37.3 Å². The Labute approximate surface area is 145 Å². The molecule has 6 rings (SSSR count). The van der Waals surface area contributed by atoms with Gasteiger partial charge in [0.25, 0.3) is 5.91 Å². The zero-order valence-corrected chi connectivity index (χ0v) is 14.5. The summed E-state index contributed by atoms with van der Waals surface area (Å²) in [5, 5.41) is 4.50. The highest BCUT2D eigenvalue weighted by Crippen LogP contribution is 2.53. The van der Waals surface area contributed by atoms with Gasteiger partial charge < -0.3 is 5.32 Å². The van der Waals surface area contributed by atoms with E-state index in [1.807, 2.05) is 18.3 Å². The van der Waals surface area contributed by atoms with E-state index in [1.54, 1.807) is 17.5 Å². The molecule has 1 spiro atoms. The number of pyridine rings is 1. The predicted molar refractivity (Wildman–Crippen MR) is 94.4 cm³/mol. The number of hydrogen-bond donors (Lipinski definition) is 1. The van der Waals surface area contributed by atoms with Crippen LogP contribution in [0.3, 0.4) is 0 Å². The number of amides is 1. The molecule has 6 heteroatoms. The lowest BCUT2D eigenvalue weighted by Crippen LogP contribution is -2.65. The molecule has 1 N–H and O–H groups in total. The van der Waals surface area contributed by atoms with Crippen LogP contribution in [0.15, 0.2) is 24.5 Å². The van der Waals surface area contributed by atoms with E-state index < -0.39 is 0 Å². The first-order chi connectivity index (χ1) is 10.8. The van der Waals surface area contributed by atoms with Crippen molar-refractivity contribution in [1.29, 1.82) is 0 Å². The summed E-state index contributed by atoms with van der Waals surface area (Å²) in [5.41, 5.74) is 0.301. The maximum absolute atomic E-state index is 12.7. The monoisotopic (exact) mass is 349 g/mol. The Hall–Kier alpha value is -1.17. The van der Waals surface area contributed by atoms with Crippen LogP contribution in [0.1, 0.15) is 35.4 Å². The Morgan fingerprint density at radius 3 is 2.83 bits per heavy atom. The standard InChI is InChI=1S/C17H19N3OS.ClH/c21-16(13-9-12-1-6-18-10-14(12)22-13)19-15-11-2-7-20(8-3-11)17(15)4-5-17;/h1,6,9-11,15H,2-5,7-8H2,(H,19,21);1H. The van der Waals surface area contributed by atoms with Crippen LogP contribution in [-0.4, -0.2) is 40.5 Å². The third-order valence-corrected chi connectivity index (χ3v) is 6.90. The van der Waals surface area contributed by atoms with Gasteiger partial charge in [-0.2, -0.15) is 0 Å². The van der Waals surface area contributed by atoms with Crippen LogP contribution >= 0.6 is 23.7 Å². The second-order valence-corrected chi connectivity index (χ2v) is 7.99. The summed E-state index contributed by atoms with van der Waals surface area (Å²) in [6.45, 7) is 2.46. The Morgan fingerprint density at radius 1 is 1.35 bits per heavy atom. The normalized spacial score (nSPS) is 30.2. The lowest BCUT2D eigenvalue weighted by Gasteiger charge is -2.52. The molecule has 1 unspecified atom stereocenters. The Morgan fingerprint density at radius 2 is 2.13 bits per heavy atom. The Bertz CT molecular complexity index is 716. The molecule has 0 aromatic carbocycles. The number of halogens is 1. The van der Waals surface area contributed by atoms with Gasteiger partial charge in [0.15, 0.2) is 0 Å². The van der Waals surface area contributed by atoms with Crippen LogP contribution in [0.4, 0.5) is 0 Å². The average Bonchev–Trinajstić information content (AvgIpc) is 3.20. The number of fused-ring (bicyclic) bond motifs is 3. The van der Waals surface area contributed by atoms with E-state index in [2.05, 4.69) is 15.2 Å². The highest BCUT2D eigenvalue weighted by Gasteiger charge is 2.60. The zero-order valence-electron chi connectivity index (χ0n) is 12.8. The van der Waals surface area contributed by atoms with Gasteiger partial charge in [-0.1, -0.05) is 0 Å². The minimum atomic E-state index is 0. The zero-order chi connectivity index (χ0) is 14.7. The minimum Gasteiger partial charge on any atom is -0.346 e. The molecule has 0 radical (unpaired) electrons. The van der Waals surface area contributed by atoms with Crippen LogP contribution in [-0.2, 0) is 0 Å². The van der Waals surface area contributed by atoms with Gasteiger partial charge in [0.2, 0.25) is 0 Å². The maximum atomic E-state index is 12.7. The van der Waals surface area contributed by atoms with Gasteiger partial charge in [-0.25, -0.2) is 0 Å². The number of piperidine rings is 3. The third kappa shape index (κ3) is 2.29. The predicted octanol–water partition coefficient (Wildman–Crippen LogP) is 3.07. The fourth-order valence-electron chi connectivity index (χ4n) is 4.53. The molecule has 3 saturated heterocycles. The molecule has 2 aromatic rings. The lowest BCUT2D eigenvalue weighted by atomic mass is 9.77. The summed E-state index contributed by atoms with van der Waals surface area (Å²) < 4.78 is 1.09. The molecule has 23 heavy (non-hydrogen) atoms.